The number of unbranched alkanes of at least 4 members (excludes halogenated alkanes) is 10. The van der Waals surface area contributed by atoms with E-state index in [-0.39, 0.29) is 0 Å². The number of nitrogens with zero attached hydrogens (tertiary/aromatic N) is 2. The zero-order valence-electron chi connectivity index (χ0n) is 22.2. The van der Waals surface area contributed by atoms with Gasteiger partial charge in [0.25, 0.3) is 0 Å². The first kappa shape index (κ1) is 29.1. The molecule has 0 saturated carbocycles. The number of hydrogen-bond donors (Lipinski definition) is 0. The van der Waals surface area contributed by atoms with Crippen molar-refractivity contribution in [2.75, 3.05) is 13.2 Å². The molecule has 4 nitrogen and oxygen atoms in total. The van der Waals surface area contributed by atoms with Crippen molar-refractivity contribution in [3.63, 3.8) is 0 Å². The molecule has 1 heterocycles. The molecule has 0 radical (unpaired) electrons. The van der Waals surface area contributed by atoms with Crippen LogP contribution in [0.3, 0.4) is 0 Å². The first-order chi connectivity index (χ1) is 17.2. The van der Waals surface area contributed by atoms with Gasteiger partial charge in [-0.15, -0.1) is 0 Å². The first-order valence-electron chi connectivity index (χ1n) is 14.0. The van der Waals surface area contributed by atoms with Crippen LogP contribution >= 0.6 is 0 Å². The summed E-state index contributed by atoms with van der Waals surface area (Å²) in [5.41, 5.74) is 0.947. The Kier molecular flexibility index (Phi) is 15.8. The van der Waals surface area contributed by atoms with E-state index in [2.05, 4.69) is 23.8 Å². The van der Waals surface area contributed by atoms with Crippen molar-refractivity contribution >= 4 is 0 Å². The van der Waals surface area contributed by atoms with Crippen molar-refractivity contribution in [3.05, 3.63) is 36.7 Å². The van der Waals surface area contributed by atoms with Crippen molar-refractivity contribution in [1.29, 1.82) is 0 Å². The van der Waals surface area contributed by atoms with E-state index >= 15 is 0 Å². The molecule has 1 aromatic carbocycles. The van der Waals surface area contributed by atoms with Gasteiger partial charge in [-0.05, 0) is 56.4 Å². The summed E-state index contributed by atoms with van der Waals surface area (Å²) in [6, 6.07) is 7.88. The van der Waals surface area contributed by atoms with Gasteiger partial charge in [0.1, 0.15) is 11.9 Å². The van der Waals surface area contributed by atoms with Crippen molar-refractivity contribution in [2.45, 2.75) is 116 Å². The minimum Gasteiger partial charge on any atom is -0.494 e. The number of hydrogen-bond acceptors (Lipinski definition) is 4. The minimum atomic E-state index is -0.675. The predicted molar refractivity (Wildman–Crippen MR) is 144 cm³/mol. The summed E-state index contributed by atoms with van der Waals surface area (Å²) in [5.74, 6) is 2.19. The van der Waals surface area contributed by atoms with Crippen LogP contribution in [0.15, 0.2) is 36.7 Å². The molecule has 0 bridgehead atoms. The number of aromatic nitrogens is 2. The molecule has 196 valence electrons. The van der Waals surface area contributed by atoms with Crippen molar-refractivity contribution in [3.8, 4) is 22.9 Å². The van der Waals surface area contributed by atoms with Gasteiger partial charge in [0, 0.05) is 5.56 Å². The van der Waals surface area contributed by atoms with E-state index in [0.29, 0.717) is 31.0 Å². The molecule has 0 fully saturated rings. The molecule has 1 aromatic heterocycles. The molecule has 0 spiro atoms. The number of benzene rings is 1. The smallest absolute Gasteiger partial charge is 0.159 e. The fourth-order valence-corrected chi connectivity index (χ4v) is 4.08. The van der Waals surface area contributed by atoms with Gasteiger partial charge in [0.2, 0.25) is 0 Å². The van der Waals surface area contributed by atoms with Gasteiger partial charge >= 0.3 is 0 Å². The fourth-order valence-electron chi connectivity index (χ4n) is 4.08. The Hall–Kier alpha value is -2.17. The Bertz CT molecular complexity index is 752. The molecule has 0 aliphatic heterocycles. The maximum atomic E-state index is 14.1. The lowest BCUT2D eigenvalue weighted by atomic mass is 10.0. The van der Waals surface area contributed by atoms with Gasteiger partial charge in [-0.2, -0.15) is 0 Å². The largest absolute Gasteiger partial charge is 0.494 e. The van der Waals surface area contributed by atoms with Crippen LogP contribution in [0.1, 0.15) is 110 Å². The molecular formula is C30H47FN2O2. The third-order valence-corrected chi connectivity index (χ3v) is 6.31. The Morgan fingerprint density at radius 1 is 0.629 bits per heavy atom. The Morgan fingerprint density at radius 3 is 1.74 bits per heavy atom. The average Bonchev–Trinajstić information content (AvgIpc) is 2.89. The molecule has 0 amide bonds. The summed E-state index contributed by atoms with van der Waals surface area (Å²) in [6.07, 6.45) is 19.3. The standard InChI is InChI=1S/C30H47FN2O2/c1-3-5-7-8-9-10-11-12-16-27(31)17-13-15-23-35-29-24-32-30(33-25-29)26-18-20-28(21-19-26)34-22-14-6-4-2/h18-21,24-25,27H,3-17,22-23H2,1-2H3/t27-/m0/s1. The van der Waals surface area contributed by atoms with Crippen LogP contribution in [0.4, 0.5) is 4.39 Å². The summed E-state index contributed by atoms with van der Waals surface area (Å²) in [5, 5.41) is 0. The van der Waals surface area contributed by atoms with Gasteiger partial charge in [-0.25, -0.2) is 14.4 Å². The van der Waals surface area contributed by atoms with E-state index in [1.807, 2.05) is 24.3 Å². The van der Waals surface area contributed by atoms with Gasteiger partial charge in [-0.3, -0.25) is 0 Å². The van der Waals surface area contributed by atoms with Crippen molar-refractivity contribution < 1.29 is 13.9 Å². The molecule has 0 unspecified atom stereocenters. The topological polar surface area (TPSA) is 44.2 Å². The van der Waals surface area contributed by atoms with E-state index in [0.717, 1.165) is 43.6 Å². The maximum absolute atomic E-state index is 14.1. The Morgan fingerprint density at radius 2 is 1.11 bits per heavy atom. The van der Waals surface area contributed by atoms with Gasteiger partial charge in [0.05, 0.1) is 25.6 Å². The summed E-state index contributed by atoms with van der Waals surface area (Å²) in [6.45, 7) is 5.75. The van der Waals surface area contributed by atoms with Crippen molar-refractivity contribution in [2.24, 2.45) is 0 Å². The summed E-state index contributed by atoms with van der Waals surface area (Å²) < 4.78 is 25.6. The van der Waals surface area contributed by atoms with Gasteiger partial charge < -0.3 is 9.47 Å². The molecule has 0 aliphatic carbocycles. The van der Waals surface area contributed by atoms with Crippen LogP contribution in [0, 0.1) is 0 Å². The van der Waals surface area contributed by atoms with Crippen LogP contribution in [0.2, 0.25) is 0 Å². The first-order valence-corrected chi connectivity index (χ1v) is 14.0. The van der Waals surface area contributed by atoms with Crippen LogP contribution in [-0.4, -0.2) is 29.4 Å². The Balaban J connectivity index is 1.54. The van der Waals surface area contributed by atoms with E-state index in [9.17, 15) is 4.39 Å². The third-order valence-electron chi connectivity index (χ3n) is 6.31. The highest BCUT2D eigenvalue weighted by atomic mass is 19.1. The summed E-state index contributed by atoms with van der Waals surface area (Å²) >= 11 is 0. The summed E-state index contributed by atoms with van der Waals surface area (Å²) in [4.78, 5) is 8.85. The van der Waals surface area contributed by atoms with E-state index in [4.69, 9.17) is 9.47 Å². The zero-order chi connectivity index (χ0) is 25.0. The number of alkyl halides is 1. The van der Waals surface area contributed by atoms with Gasteiger partial charge in [0.15, 0.2) is 11.6 Å². The van der Waals surface area contributed by atoms with Crippen LogP contribution < -0.4 is 9.47 Å². The summed E-state index contributed by atoms with van der Waals surface area (Å²) in [7, 11) is 0. The zero-order valence-corrected chi connectivity index (χ0v) is 22.2. The average molecular weight is 487 g/mol. The number of ether oxygens (including phenoxy) is 2. The lowest BCUT2D eigenvalue weighted by Crippen LogP contribution is -2.03. The number of halogens is 1. The lowest BCUT2D eigenvalue weighted by Gasteiger charge is -2.09. The predicted octanol–water partition coefficient (Wildman–Crippen LogP) is 9.13. The third kappa shape index (κ3) is 13.5. The highest BCUT2D eigenvalue weighted by molar-refractivity contribution is 5.56. The molecule has 0 saturated heterocycles. The number of rotatable bonds is 21. The van der Waals surface area contributed by atoms with Crippen LogP contribution in [0.5, 0.6) is 11.5 Å². The van der Waals surface area contributed by atoms with Crippen molar-refractivity contribution in [1.82, 2.24) is 9.97 Å². The molecule has 1 atom stereocenters. The molecular weight excluding hydrogens is 439 g/mol. The molecule has 0 N–H and O–H groups in total. The monoisotopic (exact) mass is 486 g/mol. The van der Waals surface area contributed by atoms with E-state index < -0.39 is 6.17 Å². The maximum Gasteiger partial charge on any atom is 0.159 e. The highest BCUT2D eigenvalue weighted by Gasteiger charge is 2.07. The molecule has 35 heavy (non-hydrogen) atoms. The van der Waals surface area contributed by atoms with Crippen LogP contribution in [-0.2, 0) is 0 Å². The molecule has 0 aliphatic rings. The minimum absolute atomic E-state index is 0.567. The van der Waals surface area contributed by atoms with Gasteiger partial charge in [-0.1, -0.05) is 78.1 Å². The lowest BCUT2D eigenvalue weighted by molar-refractivity contribution is 0.259. The normalized spacial score (nSPS) is 12.0. The Labute approximate surface area is 213 Å². The molecule has 2 aromatic rings. The quantitative estimate of drug-likeness (QED) is 0.165. The second kappa shape index (κ2) is 19.1. The second-order valence-corrected chi connectivity index (χ2v) is 9.53. The highest BCUT2D eigenvalue weighted by Crippen LogP contribution is 2.21. The van der Waals surface area contributed by atoms with E-state index in [1.165, 1.54) is 57.8 Å². The van der Waals surface area contributed by atoms with Crippen LogP contribution in [0.25, 0.3) is 11.4 Å². The second-order valence-electron chi connectivity index (χ2n) is 9.53. The molecule has 2 rings (SSSR count). The fraction of sp³-hybridized carbons (Fsp3) is 0.667. The SMILES string of the molecule is CCCCCCCCCC[C@H](F)CCCCOc1cnc(-c2ccc(OCCCCC)cc2)nc1. The van der Waals surface area contributed by atoms with E-state index in [1.54, 1.807) is 12.4 Å². The molecule has 5 heteroatoms.